The number of benzene rings is 1. The Bertz CT molecular complexity index is 658. The van der Waals surface area contributed by atoms with Crippen LogP contribution in [0.2, 0.25) is 0 Å². The molecular weight excluding hydrogens is 304 g/mol. The van der Waals surface area contributed by atoms with E-state index in [-0.39, 0.29) is 11.8 Å². The Morgan fingerprint density at radius 1 is 1.36 bits per heavy atom. The molecule has 0 radical (unpaired) electrons. The standard InChI is InChI=1S/C13H14N6O2S/c20-12-5-6-22-7-11(16-12)13(21)15-9-1-3-10(4-2-9)19-8-14-17-18-19/h1-4,8,11H,5-7H2,(H,15,21)(H,16,20). The molecule has 2 aromatic rings. The first-order valence-corrected chi connectivity index (χ1v) is 7.89. The van der Waals surface area contributed by atoms with Crippen molar-refractivity contribution in [1.29, 1.82) is 0 Å². The van der Waals surface area contributed by atoms with Crippen molar-refractivity contribution in [2.75, 3.05) is 16.8 Å². The average Bonchev–Trinajstić information content (AvgIpc) is 2.97. The molecule has 2 amide bonds. The second kappa shape index (κ2) is 6.56. The van der Waals surface area contributed by atoms with Crippen molar-refractivity contribution in [3.05, 3.63) is 30.6 Å². The number of carbonyl (C=O) groups is 2. The van der Waals surface area contributed by atoms with Gasteiger partial charge in [0.15, 0.2) is 0 Å². The Labute approximate surface area is 130 Å². The van der Waals surface area contributed by atoms with Crippen LogP contribution in [0.25, 0.3) is 5.69 Å². The van der Waals surface area contributed by atoms with Crippen LogP contribution in [0, 0.1) is 0 Å². The SMILES string of the molecule is O=C1CCSCC(C(=O)Nc2ccc(-n3cnnn3)cc2)N1. The summed E-state index contributed by atoms with van der Waals surface area (Å²) in [4.78, 5) is 23.7. The van der Waals surface area contributed by atoms with Crippen LogP contribution in [0.15, 0.2) is 30.6 Å². The summed E-state index contributed by atoms with van der Waals surface area (Å²) in [6.07, 6.45) is 1.95. The fraction of sp³-hybridized carbons (Fsp3) is 0.308. The van der Waals surface area contributed by atoms with Gasteiger partial charge in [0.05, 0.1) is 5.69 Å². The van der Waals surface area contributed by atoms with E-state index in [1.807, 2.05) is 0 Å². The number of aromatic nitrogens is 4. The Morgan fingerprint density at radius 3 is 2.91 bits per heavy atom. The summed E-state index contributed by atoms with van der Waals surface area (Å²) in [6.45, 7) is 0. The molecule has 1 aromatic heterocycles. The molecule has 2 heterocycles. The Morgan fingerprint density at radius 2 is 2.18 bits per heavy atom. The fourth-order valence-corrected chi connectivity index (χ4v) is 2.99. The maximum atomic E-state index is 12.2. The maximum Gasteiger partial charge on any atom is 0.247 e. The van der Waals surface area contributed by atoms with Gasteiger partial charge >= 0.3 is 0 Å². The Hall–Kier alpha value is -2.42. The van der Waals surface area contributed by atoms with Crippen LogP contribution in [0.3, 0.4) is 0 Å². The van der Waals surface area contributed by atoms with Crippen molar-refractivity contribution in [3.8, 4) is 5.69 Å². The van der Waals surface area contributed by atoms with Gasteiger partial charge in [-0.2, -0.15) is 11.8 Å². The number of carbonyl (C=O) groups excluding carboxylic acids is 2. The van der Waals surface area contributed by atoms with Gasteiger partial charge in [0.1, 0.15) is 12.4 Å². The number of anilines is 1. The summed E-state index contributed by atoms with van der Waals surface area (Å²) in [5.74, 6) is 1.04. The van der Waals surface area contributed by atoms with Crippen LogP contribution in [-0.4, -0.2) is 49.6 Å². The number of hydrogen-bond donors (Lipinski definition) is 2. The molecule has 114 valence electrons. The molecule has 1 fully saturated rings. The molecule has 22 heavy (non-hydrogen) atoms. The van der Waals surface area contributed by atoms with Crippen molar-refractivity contribution >= 4 is 29.3 Å². The van der Waals surface area contributed by atoms with Gasteiger partial charge in [-0.15, -0.1) is 5.10 Å². The molecule has 1 aliphatic heterocycles. The zero-order chi connectivity index (χ0) is 15.4. The third-order valence-electron chi connectivity index (χ3n) is 3.16. The summed E-state index contributed by atoms with van der Waals surface area (Å²) in [5, 5.41) is 16.5. The first-order valence-electron chi connectivity index (χ1n) is 6.74. The van der Waals surface area contributed by atoms with Gasteiger partial charge in [0, 0.05) is 23.6 Å². The number of nitrogens with one attached hydrogen (secondary N) is 2. The zero-order valence-electron chi connectivity index (χ0n) is 11.6. The van der Waals surface area contributed by atoms with Crippen molar-refractivity contribution in [3.63, 3.8) is 0 Å². The van der Waals surface area contributed by atoms with E-state index in [0.29, 0.717) is 17.9 Å². The van der Waals surface area contributed by atoms with E-state index in [2.05, 4.69) is 26.2 Å². The summed E-state index contributed by atoms with van der Waals surface area (Å²) in [6, 6.07) is 6.62. The molecule has 2 N–H and O–H groups in total. The highest BCUT2D eigenvalue weighted by molar-refractivity contribution is 7.99. The third kappa shape index (κ3) is 3.42. The molecule has 3 rings (SSSR count). The van der Waals surface area contributed by atoms with Gasteiger partial charge in [-0.1, -0.05) is 0 Å². The summed E-state index contributed by atoms with van der Waals surface area (Å²) < 4.78 is 1.52. The van der Waals surface area contributed by atoms with Crippen molar-refractivity contribution in [1.82, 2.24) is 25.5 Å². The second-order valence-corrected chi connectivity index (χ2v) is 5.89. The molecule has 1 saturated heterocycles. The van der Waals surface area contributed by atoms with Crippen LogP contribution in [-0.2, 0) is 9.59 Å². The van der Waals surface area contributed by atoms with E-state index in [1.165, 1.54) is 11.0 Å². The van der Waals surface area contributed by atoms with Gasteiger partial charge in [-0.3, -0.25) is 9.59 Å². The predicted octanol–water partition coefficient (Wildman–Crippen LogP) is 0.222. The first-order chi connectivity index (χ1) is 10.7. The van der Waals surface area contributed by atoms with Gasteiger partial charge in [0.2, 0.25) is 11.8 Å². The lowest BCUT2D eigenvalue weighted by Gasteiger charge is -2.15. The molecular formula is C13H14N6O2S. The second-order valence-electron chi connectivity index (χ2n) is 4.74. The molecule has 1 aliphatic rings. The van der Waals surface area contributed by atoms with Crippen LogP contribution in [0.1, 0.15) is 6.42 Å². The summed E-state index contributed by atoms with van der Waals surface area (Å²) in [7, 11) is 0. The minimum Gasteiger partial charge on any atom is -0.343 e. The smallest absolute Gasteiger partial charge is 0.247 e. The number of rotatable bonds is 3. The summed E-state index contributed by atoms with van der Waals surface area (Å²) in [5.41, 5.74) is 1.45. The minimum absolute atomic E-state index is 0.0841. The van der Waals surface area contributed by atoms with Crippen LogP contribution < -0.4 is 10.6 Å². The lowest BCUT2D eigenvalue weighted by Crippen LogP contribution is -2.44. The fourth-order valence-electron chi connectivity index (χ4n) is 2.02. The third-order valence-corrected chi connectivity index (χ3v) is 4.22. The normalized spacial score (nSPS) is 18.4. The van der Waals surface area contributed by atoms with Gasteiger partial charge < -0.3 is 10.6 Å². The number of tetrazole rings is 1. The molecule has 0 bridgehead atoms. The van der Waals surface area contributed by atoms with Crippen molar-refractivity contribution < 1.29 is 9.59 Å². The van der Waals surface area contributed by atoms with Crippen molar-refractivity contribution in [2.45, 2.75) is 12.5 Å². The number of thioether (sulfide) groups is 1. The monoisotopic (exact) mass is 318 g/mol. The van der Waals surface area contributed by atoms with E-state index in [0.717, 1.165) is 11.4 Å². The first kappa shape index (κ1) is 14.5. The van der Waals surface area contributed by atoms with Crippen LogP contribution in [0.5, 0.6) is 0 Å². The van der Waals surface area contributed by atoms with E-state index in [9.17, 15) is 9.59 Å². The predicted molar refractivity (Wildman–Crippen MR) is 81.7 cm³/mol. The largest absolute Gasteiger partial charge is 0.343 e. The molecule has 0 saturated carbocycles. The number of nitrogens with zero attached hydrogens (tertiary/aromatic N) is 4. The Balaban J connectivity index is 1.65. The highest BCUT2D eigenvalue weighted by Gasteiger charge is 2.23. The highest BCUT2D eigenvalue weighted by atomic mass is 32.2. The summed E-state index contributed by atoms with van der Waals surface area (Å²) >= 11 is 1.60. The molecule has 1 atom stereocenters. The minimum atomic E-state index is -0.501. The molecule has 1 unspecified atom stereocenters. The van der Waals surface area contributed by atoms with Gasteiger partial charge in [-0.05, 0) is 34.7 Å². The van der Waals surface area contributed by atoms with Gasteiger partial charge in [-0.25, -0.2) is 4.68 Å². The molecule has 8 nitrogen and oxygen atoms in total. The molecule has 1 aromatic carbocycles. The van der Waals surface area contributed by atoms with E-state index < -0.39 is 6.04 Å². The topological polar surface area (TPSA) is 102 Å². The quantitative estimate of drug-likeness (QED) is 0.839. The highest BCUT2D eigenvalue weighted by Crippen LogP contribution is 2.14. The molecule has 9 heteroatoms. The molecule has 0 aliphatic carbocycles. The van der Waals surface area contributed by atoms with E-state index >= 15 is 0 Å². The lowest BCUT2D eigenvalue weighted by atomic mass is 10.2. The maximum absolute atomic E-state index is 12.2. The number of hydrogen-bond acceptors (Lipinski definition) is 6. The number of amides is 2. The lowest BCUT2D eigenvalue weighted by molar-refractivity contribution is -0.125. The molecule has 0 spiro atoms. The average molecular weight is 318 g/mol. The van der Waals surface area contributed by atoms with E-state index in [1.54, 1.807) is 36.0 Å². The van der Waals surface area contributed by atoms with Crippen LogP contribution in [0.4, 0.5) is 5.69 Å². The van der Waals surface area contributed by atoms with Gasteiger partial charge in [0.25, 0.3) is 0 Å². The van der Waals surface area contributed by atoms with E-state index in [4.69, 9.17) is 0 Å². The zero-order valence-corrected chi connectivity index (χ0v) is 12.4. The Kier molecular flexibility index (Phi) is 4.33. The van der Waals surface area contributed by atoms with Crippen LogP contribution >= 0.6 is 11.8 Å². The van der Waals surface area contributed by atoms with Crippen molar-refractivity contribution in [2.24, 2.45) is 0 Å².